The molecule has 1 heterocycles. The molecule has 338 valence electrons. The molecule has 68 heavy (non-hydrogen) atoms. The van der Waals surface area contributed by atoms with E-state index < -0.39 is 53.4 Å². The molecule has 0 radical (unpaired) electrons. The van der Waals surface area contributed by atoms with Gasteiger partial charge in [-0.15, -0.1) is 11.3 Å². The lowest BCUT2D eigenvalue weighted by Gasteiger charge is -2.21. The molecule has 16 heteroatoms. The van der Waals surface area contributed by atoms with Crippen LogP contribution in [0.5, 0.6) is 0 Å². The molecule has 0 bridgehead atoms. The number of alkyl halides is 12. The molecular formula is C52H25F12N3S. The van der Waals surface area contributed by atoms with E-state index in [0.717, 1.165) is 53.8 Å². The van der Waals surface area contributed by atoms with E-state index in [1.807, 2.05) is 12.1 Å². The Morgan fingerprint density at radius 1 is 0.441 bits per heavy atom. The number of hydrogen-bond acceptors (Lipinski definition) is 4. The van der Waals surface area contributed by atoms with Crippen LogP contribution in [0.15, 0.2) is 126 Å². The summed E-state index contributed by atoms with van der Waals surface area (Å²) >= 11 is 1.11. The maximum Gasteiger partial charge on any atom is 0.416 e. The third-order valence-corrected chi connectivity index (χ3v) is 13.4. The second-order valence-corrected chi connectivity index (χ2v) is 17.1. The van der Waals surface area contributed by atoms with Gasteiger partial charge in [0.2, 0.25) is 0 Å². The SMILES string of the molecule is C/C(C#N)=C1/c2cc(-c3ccc(C(F)(F)F)cc3)c(-c3ccc(C(F)(F)F)cc3)cc2-c2c1sc1c2-c2cc(C3=CC=C(C(F)(F)F)CC3)c(-c3ccc(C(F)(F)F)cc3)cc2C1=C(C#N)C#N. The number of fused-ring (bicyclic) bond motifs is 7. The Hall–Kier alpha value is -7.61. The fraction of sp³-hybridized carbons (Fsp3) is 0.135. The molecule has 0 saturated carbocycles. The minimum Gasteiger partial charge on any atom is -0.193 e. The predicted molar refractivity (Wildman–Crippen MR) is 232 cm³/mol. The predicted octanol–water partition coefficient (Wildman–Crippen LogP) is 16.6. The van der Waals surface area contributed by atoms with Gasteiger partial charge >= 0.3 is 24.7 Å². The number of rotatable bonds is 4. The van der Waals surface area contributed by atoms with E-state index in [9.17, 15) is 68.5 Å². The standard InChI is InChI=1S/C52H25F12N3S/c1-25(22-65)43-39-18-35(26-2-10-31(11-3-26)49(53,54)55)37(28-6-14-33(15-7-28)51(59,60)61)20-41(39)45-46-42-21-38(29-8-16-34(17-9-29)52(62,63)64)36(27-4-12-32(13-5-27)50(56,57)58)19-40(42)44(30(23-66)24-67)48(46)68-47(43)45/h2-8,10-16,18-21H,9,17H2,1H3/b43-25+. The summed E-state index contributed by atoms with van der Waals surface area (Å²) in [5, 5.41) is 31.1. The molecule has 0 saturated heterocycles. The highest BCUT2D eigenvalue weighted by atomic mass is 32.1. The number of nitriles is 3. The Bertz CT molecular complexity index is 3370. The quantitative estimate of drug-likeness (QED) is 0.130. The fourth-order valence-corrected chi connectivity index (χ4v) is 10.5. The lowest BCUT2D eigenvalue weighted by molar-refractivity contribution is -0.138. The lowest BCUT2D eigenvalue weighted by atomic mass is 9.84. The van der Waals surface area contributed by atoms with Crippen LogP contribution in [0.1, 0.15) is 62.9 Å². The maximum absolute atomic E-state index is 13.8. The van der Waals surface area contributed by atoms with Gasteiger partial charge in [0, 0.05) is 43.2 Å². The normalized spacial score (nSPS) is 15.0. The van der Waals surface area contributed by atoms with E-state index in [2.05, 4.69) is 6.07 Å². The number of nitrogens with zero attached hydrogens (tertiary/aromatic N) is 3. The van der Waals surface area contributed by atoms with Crippen molar-refractivity contribution in [1.82, 2.24) is 0 Å². The second-order valence-electron chi connectivity index (χ2n) is 16.1. The summed E-state index contributed by atoms with van der Waals surface area (Å²) in [6.07, 6.45) is -17.0. The van der Waals surface area contributed by atoms with Crippen molar-refractivity contribution in [3.63, 3.8) is 0 Å². The summed E-state index contributed by atoms with van der Waals surface area (Å²) in [4.78, 5) is 0.862. The average molecular weight is 952 g/mol. The molecular weight excluding hydrogens is 927 g/mol. The largest absolute Gasteiger partial charge is 0.416 e. The molecule has 3 nitrogen and oxygen atoms in total. The zero-order valence-corrected chi connectivity index (χ0v) is 35.4. The van der Waals surface area contributed by atoms with Gasteiger partial charge < -0.3 is 0 Å². The van der Waals surface area contributed by atoms with Crippen LogP contribution in [0.3, 0.4) is 0 Å². The van der Waals surface area contributed by atoms with E-state index >= 15 is 0 Å². The van der Waals surface area contributed by atoms with Gasteiger partial charge in [0.25, 0.3) is 0 Å². The molecule has 0 N–H and O–H groups in total. The summed E-state index contributed by atoms with van der Waals surface area (Å²) in [6.45, 7) is 1.54. The lowest BCUT2D eigenvalue weighted by Crippen LogP contribution is -2.13. The highest BCUT2D eigenvalue weighted by molar-refractivity contribution is 7.16. The van der Waals surface area contributed by atoms with Crippen LogP contribution in [0, 0.1) is 34.0 Å². The van der Waals surface area contributed by atoms with Crippen molar-refractivity contribution in [1.29, 1.82) is 15.8 Å². The summed E-state index contributed by atoms with van der Waals surface area (Å²) < 4.78 is 165. The first-order chi connectivity index (χ1) is 32.0. The molecule has 3 aliphatic carbocycles. The van der Waals surface area contributed by atoms with Crippen molar-refractivity contribution in [3.8, 4) is 73.8 Å². The van der Waals surface area contributed by atoms with Gasteiger partial charge in [-0.2, -0.15) is 68.5 Å². The van der Waals surface area contributed by atoms with Crippen molar-refractivity contribution in [2.24, 2.45) is 0 Å². The molecule has 0 atom stereocenters. The van der Waals surface area contributed by atoms with Gasteiger partial charge in [0.15, 0.2) is 0 Å². The molecule has 0 fully saturated rings. The van der Waals surface area contributed by atoms with Crippen molar-refractivity contribution in [2.75, 3.05) is 0 Å². The van der Waals surface area contributed by atoms with E-state index in [-0.39, 0.29) is 39.8 Å². The van der Waals surface area contributed by atoms with Gasteiger partial charge in [0.1, 0.15) is 17.7 Å². The first-order valence-corrected chi connectivity index (χ1v) is 21.1. The van der Waals surface area contributed by atoms with Gasteiger partial charge in [0.05, 0.1) is 22.8 Å². The Morgan fingerprint density at radius 3 is 1.19 bits per heavy atom. The molecule has 6 aromatic rings. The fourth-order valence-electron chi connectivity index (χ4n) is 8.98. The van der Waals surface area contributed by atoms with E-state index in [0.29, 0.717) is 76.5 Å². The van der Waals surface area contributed by atoms with Gasteiger partial charge in [-0.1, -0.05) is 48.6 Å². The summed E-state index contributed by atoms with van der Waals surface area (Å²) in [5.74, 6) is 0. The van der Waals surface area contributed by atoms with Crippen LogP contribution < -0.4 is 0 Å². The van der Waals surface area contributed by atoms with E-state index in [4.69, 9.17) is 0 Å². The number of halogens is 12. The highest BCUT2D eigenvalue weighted by Gasteiger charge is 2.41. The van der Waals surface area contributed by atoms with Crippen LogP contribution in [-0.2, 0) is 18.5 Å². The number of hydrogen-bond donors (Lipinski definition) is 0. The number of thiophene rings is 1. The minimum absolute atomic E-state index is 0.128. The Labute approximate surface area is 382 Å². The third-order valence-electron chi connectivity index (χ3n) is 12.2. The van der Waals surface area contributed by atoms with Gasteiger partial charge in [-0.25, -0.2) is 0 Å². The Kier molecular flexibility index (Phi) is 10.7. The summed E-state index contributed by atoms with van der Waals surface area (Å²) in [6, 6.07) is 25.0. The van der Waals surface area contributed by atoms with Crippen molar-refractivity contribution in [2.45, 2.75) is 44.5 Å². The van der Waals surface area contributed by atoms with Crippen molar-refractivity contribution < 1.29 is 52.7 Å². The molecule has 9 rings (SSSR count). The maximum atomic E-state index is 13.8. The molecule has 0 spiro atoms. The van der Waals surface area contributed by atoms with Gasteiger partial charge in [-0.05, 0) is 147 Å². The van der Waals surface area contributed by atoms with Crippen LogP contribution >= 0.6 is 11.3 Å². The van der Waals surface area contributed by atoms with Crippen LogP contribution in [0.4, 0.5) is 52.7 Å². The first kappa shape index (κ1) is 45.5. The molecule has 3 aliphatic rings. The zero-order valence-electron chi connectivity index (χ0n) is 34.6. The number of allylic oxidation sites excluding steroid dienone is 6. The van der Waals surface area contributed by atoms with Gasteiger partial charge in [-0.3, -0.25) is 0 Å². The topological polar surface area (TPSA) is 71.4 Å². The van der Waals surface area contributed by atoms with E-state index in [1.165, 1.54) is 49.4 Å². The molecule has 0 amide bonds. The molecule has 1 aromatic heterocycles. The Morgan fingerprint density at radius 2 is 0.824 bits per heavy atom. The van der Waals surface area contributed by atoms with E-state index in [1.54, 1.807) is 24.3 Å². The molecule has 0 aliphatic heterocycles. The van der Waals surface area contributed by atoms with Crippen LogP contribution in [-0.4, -0.2) is 6.18 Å². The smallest absolute Gasteiger partial charge is 0.193 e. The van der Waals surface area contributed by atoms with Crippen LogP contribution in [0.25, 0.3) is 72.4 Å². The highest BCUT2D eigenvalue weighted by Crippen LogP contribution is 2.63. The van der Waals surface area contributed by atoms with Crippen molar-refractivity contribution in [3.05, 3.63) is 169 Å². The Balaban J connectivity index is 1.36. The van der Waals surface area contributed by atoms with Crippen LogP contribution in [0.2, 0.25) is 0 Å². The monoisotopic (exact) mass is 951 g/mol. The first-order valence-electron chi connectivity index (χ1n) is 20.2. The average Bonchev–Trinajstić information content (AvgIpc) is 3.92. The third kappa shape index (κ3) is 7.67. The summed E-state index contributed by atoms with van der Waals surface area (Å²) in [5.41, 5.74) is 1.55. The zero-order chi connectivity index (χ0) is 48.8. The second kappa shape index (κ2) is 16.0. The minimum atomic E-state index is -4.70. The number of benzene rings is 5. The molecule has 5 aromatic carbocycles. The van der Waals surface area contributed by atoms with Crippen molar-refractivity contribution >= 4 is 28.1 Å². The molecule has 0 unspecified atom stereocenters. The summed E-state index contributed by atoms with van der Waals surface area (Å²) in [7, 11) is 0.